The van der Waals surface area contributed by atoms with E-state index >= 15 is 0 Å². The molecule has 0 radical (unpaired) electrons. The zero-order chi connectivity index (χ0) is 7.98. The van der Waals surface area contributed by atoms with E-state index in [9.17, 15) is 0 Å². The number of thiocarbonyl (C=S) groups is 1. The quantitative estimate of drug-likeness (QED) is 0.290. The van der Waals surface area contributed by atoms with Crippen molar-refractivity contribution in [2.75, 3.05) is 0 Å². The van der Waals surface area contributed by atoms with Gasteiger partial charge in [0.2, 0.25) is 0 Å². The van der Waals surface area contributed by atoms with Gasteiger partial charge < -0.3 is 11.5 Å². The van der Waals surface area contributed by atoms with Crippen LogP contribution in [0.5, 0.6) is 0 Å². The average molecular weight is 156 g/mol. The minimum absolute atomic E-state index is 0.0981. The number of nitrogens with one attached hydrogen (secondary N) is 1. The Kier molecular flexibility index (Phi) is 4.11. The van der Waals surface area contributed by atoms with E-state index in [0.717, 1.165) is 6.34 Å². The van der Waals surface area contributed by atoms with Crippen LogP contribution >= 0.6 is 12.2 Å². The van der Waals surface area contributed by atoms with Crippen LogP contribution in [0.4, 0.5) is 0 Å². The molecule has 0 fully saturated rings. The second kappa shape index (κ2) is 4.67. The summed E-state index contributed by atoms with van der Waals surface area (Å²) in [5.74, 6) is -0.0981. The lowest BCUT2D eigenvalue weighted by Crippen LogP contribution is -2.24. The highest BCUT2D eigenvalue weighted by Gasteiger charge is 2.02. The summed E-state index contributed by atoms with van der Waals surface area (Å²) in [6.07, 6.45) is 2.47. The van der Waals surface area contributed by atoms with Crippen molar-refractivity contribution in [3.63, 3.8) is 0 Å². The largest absolute Gasteiger partial charge is 0.390 e. The number of nitrogens with two attached hydrogens (primary N) is 2. The summed E-state index contributed by atoms with van der Waals surface area (Å²) in [4.78, 5) is 3.63. The van der Waals surface area contributed by atoms with E-state index in [-0.39, 0.29) is 5.84 Å². The van der Waals surface area contributed by atoms with Gasteiger partial charge in [-0.2, -0.15) is 0 Å². The second-order valence-corrected chi connectivity index (χ2v) is 1.72. The Bertz CT molecular complexity index is 190. The molecule has 0 aromatic carbocycles. The fourth-order valence-electron chi connectivity index (χ4n) is 0.370. The Morgan fingerprint density at radius 1 is 1.80 bits per heavy atom. The van der Waals surface area contributed by atoms with E-state index in [1.807, 2.05) is 0 Å². The molecule has 0 aromatic rings. The highest BCUT2D eigenvalue weighted by Crippen LogP contribution is 1.87. The van der Waals surface area contributed by atoms with Crippen LogP contribution in [0.3, 0.4) is 0 Å². The van der Waals surface area contributed by atoms with Crippen molar-refractivity contribution in [1.29, 1.82) is 5.41 Å². The van der Waals surface area contributed by atoms with Crippen molar-refractivity contribution in [2.45, 2.75) is 6.04 Å². The highest BCUT2D eigenvalue weighted by atomic mass is 32.1. The monoisotopic (exact) mass is 156 g/mol. The summed E-state index contributed by atoms with van der Waals surface area (Å²) in [7, 11) is 0. The number of aliphatic imine (C=N–C) groups is 1. The van der Waals surface area contributed by atoms with Crippen LogP contribution in [-0.4, -0.2) is 23.2 Å². The highest BCUT2D eigenvalue weighted by molar-refractivity contribution is 7.78. The van der Waals surface area contributed by atoms with Crippen LogP contribution in [0.2, 0.25) is 0 Å². The van der Waals surface area contributed by atoms with E-state index in [1.165, 1.54) is 6.08 Å². The molecule has 5 heteroatoms. The standard InChI is InChI=1S/C5H8N4S/c6-3-9-4(1-2-10)5(7)8/h1,3-4H,(H2,6,9)(H3,7,8). The molecular weight excluding hydrogens is 148 g/mol. The first-order valence-corrected chi connectivity index (χ1v) is 2.91. The summed E-state index contributed by atoms with van der Waals surface area (Å²) in [5.41, 5.74) is 10.1. The fourth-order valence-corrected chi connectivity index (χ4v) is 0.499. The Morgan fingerprint density at radius 3 is 2.70 bits per heavy atom. The number of nitrogens with zero attached hydrogens (tertiary/aromatic N) is 1. The van der Waals surface area contributed by atoms with Crippen LogP contribution in [0.1, 0.15) is 0 Å². The summed E-state index contributed by atoms with van der Waals surface area (Å²) >= 11 is 4.39. The molecule has 0 rings (SSSR count). The number of hydrogen-bond acceptors (Lipinski definition) is 3. The lowest BCUT2D eigenvalue weighted by molar-refractivity contribution is 1.06. The summed E-state index contributed by atoms with van der Waals surface area (Å²) in [6, 6.07) is -0.553. The van der Waals surface area contributed by atoms with Crippen LogP contribution in [-0.2, 0) is 0 Å². The molecule has 0 saturated carbocycles. The average Bonchev–Trinajstić information content (AvgIpc) is 1.87. The van der Waals surface area contributed by atoms with Crippen molar-refractivity contribution in [2.24, 2.45) is 16.5 Å². The van der Waals surface area contributed by atoms with Crippen molar-refractivity contribution < 1.29 is 0 Å². The first kappa shape index (κ1) is 8.81. The molecule has 10 heavy (non-hydrogen) atoms. The molecule has 54 valence electrons. The molecule has 0 spiro atoms. The van der Waals surface area contributed by atoms with E-state index in [0.29, 0.717) is 0 Å². The SMILES string of the molecule is N=C(N)C(C=C=S)N=CN. The van der Waals surface area contributed by atoms with E-state index in [2.05, 4.69) is 22.2 Å². The van der Waals surface area contributed by atoms with Gasteiger partial charge in [-0.3, -0.25) is 10.4 Å². The molecule has 0 saturated heterocycles. The maximum Gasteiger partial charge on any atom is 0.134 e. The molecule has 0 aromatic heterocycles. The summed E-state index contributed by atoms with van der Waals surface area (Å²) in [6.45, 7) is 0. The predicted molar refractivity (Wildman–Crippen MR) is 45.5 cm³/mol. The van der Waals surface area contributed by atoms with Crippen LogP contribution in [0, 0.1) is 5.41 Å². The van der Waals surface area contributed by atoms with Gasteiger partial charge in [0.1, 0.15) is 11.9 Å². The molecule has 0 bridgehead atoms. The number of hydrogen-bond donors (Lipinski definition) is 3. The topological polar surface area (TPSA) is 88.2 Å². The third-order valence-corrected chi connectivity index (χ3v) is 0.927. The summed E-state index contributed by atoms with van der Waals surface area (Å²) < 4.78 is 0. The summed E-state index contributed by atoms with van der Waals surface area (Å²) in [5, 5.41) is 9.25. The number of amidine groups is 1. The van der Waals surface area contributed by atoms with Crippen molar-refractivity contribution in [3.05, 3.63) is 6.08 Å². The first-order valence-electron chi connectivity index (χ1n) is 2.50. The molecule has 0 heterocycles. The predicted octanol–water partition coefficient (Wildman–Crippen LogP) is -0.567. The molecular formula is C5H8N4S. The second-order valence-electron chi connectivity index (χ2n) is 1.48. The molecule has 0 amide bonds. The normalized spacial score (nSPS) is 12.4. The maximum atomic E-state index is 6.95. The van der Waals surface area contributed by atoms with E-state index in [1.54, 1.807) is 0 Å². The van der Waals surface area contributed by atoms with Gasteiger partial charge in [-0.25, -0.2) is 0 Å². The Hall–Kier alpha value is -1.19. The molecule has 0 aliphatic heterocycles. The maximum absolute atomic E-state index is 6.95. The third-order valence-electron chi connectivity index (χ3n) is 0.791. The minimum Gasteiger partial charge on any atom is -0.390 e. The molecule has 1 unspecified atom stereocenters. The van der Waals surface area contributed by atoms with Gasteiger partial charge in [-0.15, -0.1) is 0 Å². The van der Waals surface area contributed by atoms with Crippen molar-refractivity contribution >= 4 is 29.4 Å². The smallest absolute Gasteiger partial charge is 0.134 e. The van der Waals surface area contributed by atoms with Crippen LogP contribution in [0.15, 0.2) is 11.1 Å². The van der Waals surface area contributed by atoms with E-state index in [4.69, 9.17) is 16.9 Å². The van der Waals surface area contributed by atoms with Gasteiger partial charge in [0.15, 0.2) is 0 Å². The Labute approximate surface area is 64.1 Å². The number of rotatable bonds is 3. The zero-order valence-corrected chi connectivity index (χ0v) is 6.06. The van der Waals surface area contributed by atoms with E-state index < -0.39 is 6.04 Å². The van der Waals surface area contributed by atoms with Gasteiger partial charge in [-0.05, 0) is 17.2 Å². The van der Waals surface area contributed by atoms with Gasteiger partial charge >= 0.3 is 0 Å². The van der Waals surface area contributed by atoms with Crippen LogP contribution in [0.25, 0.3) is 0 Å². The Balaban J connectivity index is 4.25. The van der Waals surface area contributed by atoms with Gasteiger partial charge in [0, 0.05) is 6.08 Å². The van der Waals surface area contributed by atoms with Gasteiger partial charge in [0.05, 0.1) is 6.34 Å². The zero-order valence-electron chi connectivity index (χ0n) is 5.24. The van der Waals surface area contributed by atoms with Crippen LogP contribution < -0.4 is 11.5 Å². The molecule has 1 atom stereocenters. The van der Waals surface area contributed by atoms with Gasteiger partial charge in [0.25, 0.3) is 0 Å². The fraction of sp³-hybridized carbons (Fsp3) is 0.200. The van der Waals surface area contributed by atoms with Gasteiger partial charge in [-0.1, -0.05) is 0 Å². The first-order chi connectivity index (χ1) is 4.72. The Morgan fingerprint density at radius 2 is 2.40 bits per heavy atom. The molecule has 5 N–H and O–H groups in total. The molecule has 0 aliphatic carbocycles. The minimum atomic E-state index is -0.553. The molecule has 4 nitrogen and oxygen atoms in total. The third kappa shape index (κ3) is 2.96. The van der Waals surface area contributed by atoms with Crippen molar-refractivity contribution in [1.82, 2.24) is 0 Å². The van der Waals surface area contributed by atoms with Crippen molar-refractivity contribution in [3.8, 4) is 0 Å². The lowest BCUT2D eigenvalue weighted by atomic mass is 10.3. The molecule has 0 aliphatic rings. The lowest BCUT2D eigenvalue weighted by Gasteiger charge is -2.00.